The smallest absolute Gasteiger partial charge is 0.243 e. The Morgan fingerprint density at radius 1 is 1.07 bits per heavy atom. The van der Waals surface area contributed by atoms with E-state index < -0.39 is 6.04 Å². The highest BCUT2D eigenvalue weighted by atomic mass is 35.5. The minimum absolute atomic E-state index is 0.0121. The van der Waals surface area contributed by atoms with Crippen LogP contribution in [0.5, 0.6) is 0 Å². The van der Waals surface area contributed by atoms with Gasteiger partial charge in [0.25, 0.3) is 0 Å². The second kappa shape index (κ2) is 13.4. The molecule has 0 radical (unpaired) electrons. The lowest BCUT2D eigenvalue weighted by Crippen LogP contribution is -2.40. The van der Waals surface area contributed by atoms with Gasteiger partial charge in [0.15, 0.2) is 4.80 Å². The van der Waals surface area contributed by atoms with E-state index in [9.17, 15) is 4.79 Å². The van der Waals surface area contributed by atoms with E-state index in [4.69, 9.17) is 22.3 Å². The lowest BCUT2D eigenvalue weighted by Gasteiger charge is -2.29. The Bertz CT molecular complexity index is 1480. The van der Waals surface area contributed by atoms with E-state index in [1.807, 2.05) is 54.6 Å². The second-order valence-electron chi connectivity index (χ2n) is 10.8. The van der Waals surface area contributed by atoms with Gasteiger partial charge in [0.05, 0.1) is 11.4 Å². The van der Waals surface area contributed by atoms with Gasteiger partial charge in [-0.2, -0.15) is 0 Å². The van der Waals surface area contributed by atoms with E-state index in [2.05, 4.69) is 46.5 Å². The number of hydrogen-bond donors (Lipinski definition) is 2. The molecule has 1 saturated carbocycles. The normalized spacial score (nSPS) is 18.4. The second-order valence-corrected chi connectivity index (χ2v) is 12.1. The zero-order chi connectivity index (χ0) is 27.9. The molecule has 3 aromatic carbocycles. The summed E-state index contributed by atoms with van der Waals surface area (Å²) < 4.78 is 2.11. The number of nitrogens with two attached hydrogens (primary N) is 1. The maximum Gasteiger partial charge on any atom is 0.243 e. The van der Waals surface area contributed by atoms with Crippen LogP contribution in [-0.2, 0) is 11.2 Å². The van der Waals surface area contributed by atoms with Gasteiger partial charge in [-0.15, -0.1) is 11.3 Å². The number of carbonyl (C=O) groups is 1. The third-order valence-electron chi connectivity index (χ3n) is 7.78. The Morgan fingerprint density at radius 3 is 2.60 bits per heavy atom. The third kappa shape index (κ3) is 7.11. The molecule has 1 aliphatic rings. The molecule has 1 aromatic heterocycles. The van der Waals surface area contributed by atoms with Gasteiger partial charge in [0, 0.05) is 23.4 Å². The number of nitrogens with zero attached hydrogens (tertiary/aromatic N) is 2. The van der Waals surface area contributed by atoms with Crippen LogP contribution in [-0.4, -0.2) is 23.6 Å². The maximum absolute atomic E-state index is 14.1. The number of hydrogen-bond acceptors (Lipinski definition) is 4. The highest BCUT2D eigenvalue weighted by molar-refractivity contribution is 7.07. The number of thiazole rings is 1. The van der Waals surface area contributed by atoms with Gasteiger partial charge in [-0.25, -0.2) is 4.99 Å². The molecule has 0 spiro atoms. The van der Waals surface area contributed by atoms with Crippen LogP contribution in [0.3, 0.4) is 0 Å². The molecule has 3 atom stereocenters. The number of aromatic nitrogens is 1. The number of halogens is 1. The average Bonchev–Trinajstić information content (AvgIpc) is 3.38. The van der Waals surface area contributed by atoms with E-state index >= 15 is 0 Å². The van der Waals surface area contributed by atoms with Crippen molar-refractivity contribution in [2.24, 2.45) is 22.6 Å². The fourth-order valence-corrected chi connectivity index (χ4v) is 6.74. The van der Waals surface area contributed by atoms with Crippen molar-refractivity contribution in [1.29, 1.82) is 0 Å². The summed E-state index contributed by atoms with van der Waals surface area (Å²) in [6.07, 6.45) is 5.14. The fourth-order valence-electron chi connectivity index (χ4n) is 5.65. The molecular weight excluding hydrogens is 536 g/mol. The quantitative estimate of drug-likeness (QED) is 0.225. The van der Waals surface area contributed by atoms with Crippen molar-refractivity contribution in [2.75, 3.05) is 13.1 Å². The van der Waals surface area contributed by atoms with Gasteiger partial charge in [0.1, 0.15) is 6.04 Å². The van der Waals surface area contributed by atoms with Gasteiger partial charge in [0.2, 0.25) is 5.91 Å². The van der Waals surface area contributed by atoms with E-state index in [-0.39, 0.29) is 5.91 Å². The molecule has 3 N–H and O–H groups in total. The van der Waals surface area contributed by atoms with Crippen molar-refractivity contribution in [2.45, 2.75) is 45.1 Å². The van der Waals surface area contributed by atoms with Crippen LogP contribution in [0.4, 0.5) is 5.69 Å². The molecule has 1 heterocycles. The number of nitrogens with one attached hydrogen (secondary N) is 1. The number of carbonyl (C=O) groups excluding carboxylic acids is 1. The molecule has 0 saturated heterocycles. The number of rotatable bonds is 9. The Hall–Kier alpha value is -3.19. The number of amides is 1. The van der Waals surface area contributed by atoms with Crippen molar-refractivity contribution in [1.82, 2.24) is 9.88 Å². The highest BCUT2D eigenvalue weighted by Crippen LogP contribution is 2.30. The van der Waals surface area contributed by atoms with Crippen LogP contribution >= 0.6 is 22.9 Å². The molecule has 208 valence electrons. The minimum Gasteiger partial charge on any atom is -0.354 e. The van der Waals surface area contributed by atoms with Gasteiger partial charge in [-0.05, 0) is 85.5 Å². The van der Waals surface area contributed by atoms with Gasteiger partial charge >= 0.3 is 0 Å². The molecule has 4 aromatic rings. The van der Waals surface area contributed by atoms with Crippen LogP contribution in [0.15, 0.2) is 89.2 Å². The third-order valence-corrected chi connectivity index (χ3v) is 8.88. The molecule has 5 nitrogen and oxygen atoms in total. The van der Waals surface area contributed by atoms with Crippen molar-refractivity contribution in [3.05, 3.63) is 105 Å². The fraction of sp³-hybridized carbons (Fsp3) is 0.333. The summed E-state index contributed by atoms with van der Waals surface area (Å²) in [4.78, 5) is 19.9. The molecular formula is C33H37ClN4OS. The summed E-state index contributed by atoms with van der Waals surface area (Å²) >= 11 is 7.78. The maximum atomic E-state index is 14.1. The Labute approximate surface area is 245 Å². The number of benzene rings is 3. The van der Waals surface area contributed by atoms with E-state index in [1.165, 1.54) is 12.8 Å². The topological polar surface area (TPSA) is 72.4 Å². The summed E-state index contributed by atoms with van der Waals surface area (Å²) in [7, 11) is 0. The predicted octanol–water partition coefficient (Wildman–Crippen LogP) is 7.08. The van der Waals surface area contributed by atoms with E-state index in [0.29, 0.717) is 29.8 Å². The van der Waals surface area contributed by atoms with Crippen LogP contribution in [0.1, 0.15) is 42.9 Å². The van der Waals surface area contributed by atoms with E-state index in [0.717, 1.165) is 52.3 Å². The van der Waals surface area contributed by atoms with E-state index in [1.54, 1.807) is 11.3 Å². The van der Waals surface area contributed by atoms with Gasteiger partial charge in [-0.1, -0.05) is 72.6 Å². The molecule has 40 heavy (non-hydrogen) atoms. The Morgan fingerprint density at radius 2 is 1.85 bits per heavy atom. The highest BCUT2D eigenvalue weighted by Gasteiger charge is 2.27. The van der Waals surface area contributed by atoms with Crippen LogP contribution < -0.4 is 15.9 Å². The van der Waals surface area contributed by atoms with Gasteiger partial charge in [-0.3, -0.25) is 4.79 Å². The Kier molecular flexibility index (Phi) is 9.53. The minimum atomic E-state index is -0.475. The van der Waals surface area contributed by atoms with Crippen LogP contribution in [0.25, 0.3) is 11.3 Å². The van der Waals surface area contributed by atoms with Crippen LogP contribution in [0.2, 0.25) is 5.02 Å². The molecule has 0 bridgehead atoms. The zero-order valence-electron chi connectivity index (χ0n) is 22.9. The molecule has 1 aliphatic carbocycles. The average molecular weight is 573 g/mol. The monoisotopic (exact) mass is 572 g/mol. The molecule has 0 aliphatic heterocycles. The molecule has 1 amide bonds. The lowest BCUT2D eigenvalue weighted by molar-refractivity contribution is -0.124. The first-order chi connectivity index (χ1) is 19.5. The summed E-state index contributed by atoms with van der Waals surface area (Å²) in [5.41, 5.74) is 11.0. The summed E-state index contributed by atoms with van der Waals surface area (Å²) in [6, 6.07) is 25.7. The summed E-state index contributed by atoms with van der Waals surface area (Å²) in [6.45, 7) is 3.46. The summed E-state index contributed by atoms with van der Waals surface area (Å²) in [5.74, 6) is 1.03. The molecule has 5 rings (SSSR count). The number of aryl methyl sites for hydroxylation is 1. The Balaban J connectivity index is 1.56. The predicted molar refractivity (Wildman–Crippen MR) is 166 cm³/mol. The first-order valence-corrected chi connectivity index (χ1v) is 15.3. The van der Waals surface area contributed by atoms with Crippen molar-refractivity contribution >= 4 is 34.5 Å². The standard InChI is InChI=1S/C33H37ClN4OS/c1-23-7-5-12-29(17-23)37-33-38(31(22-40-33)27-13-15-28(34)16-14-27)30(19-24-8-3-2-4-9-24)32(39)36-21-26-11-6-10-25(18-26)20-35/h2-5,7-9,12-17,22,25-26,30H,6,10-11,18-21,35H2,1H3,(H,36,39)/t25?,26?,30-/m1/s1. The first kappa shape index (κ1) is 28.3. The molecule has 7 heteroatoms. The van der Waals surface area contributed by atoms with Crippen molar-refractivity contribution in [3.63, 3.8) is 0 Å². The largest absolute Gasteiger partial charge is 0.354 e. The first-order valence-electron chi connectivity index (χ1n) is 14.1. The van der Waals surface area contributed by atoms with Crippen molar-refractivity contribution in [3.8, 4) is 11.3 Å². The molecule has 2 unspecified atom stereocenters. The SMILES string of the molecule is Cc1cccc(N=c2scc(-c3ccc(Cl)cc3)n2[C@H](Cc2ccccc2)C(=O)NCC2CCCC(CN)C2)c1. The lowest BCUT2D eigenvalue weighted by atomic mass is 9.81. The summed E-state index contributed by atoms with van der Waals surface area (Å²) in [5, 5.41) is 6.11. The van der Waals surface area contributed by atoms with Gasteiger partial charge < -0.3 is 15.6 Å². The molecule has 1 fully saturated rings. The van der Waals surface area contributed by atoms with Crippen LogP contribution in [0, 0.1) is 18.8 Å². The van der Waals surface area contributed by atoms with Crippen molar-refractivity contribution < 1.29 is 4.79 Å². The zero-order valence-corrected chi connectivity index (χ0v) is 24.5.